The minimum Gasteiger partial charge on any atom is -0.481 e. The van der Waals surface area contributed by atoms with E-state index in [-0.39, 0.29) is 11.8 Å². The van der Waals surface area contributed by atoms with Crippen molar-refractivity contribution in [3.05, 3.63) is 39.8 Å². The highest BCUT2D eigenvalue weighted by atomic mass is 35.5. The van der Waals surface area contributed by atoms with Gasteiger partial charge in [0.05, 0.1) is 36.0 Å². The summed E-state index contributed by atoms with van der Waals surface area (Å²) >= 11 is 6.33. The van der Waals surface area contributed by atoms with E-state index in [1.54, 1.807) is 19.4 Å². The predicted molar refractivity (Wildman–Crippen MR) is 102 cm³/mol. The van der Waals surface area contributed by atoms with Crippen LogP contribution in [0.4, 0.5) is 5.95 Å². The zero-order valence-electron chi connectivity index (χ0n) is 15.7. The van der Waals surface area contributed by atoms with E-state index in [0.717, 1.165) is 35.5 Å². The molecule has 0 radical (unpaired) electrons. The molecule has 0 aliphatic carbocycles. The number of aryl methyl sites for hydroxylation is 1. The number of aromatic nitrogens is 3. The highest BCUT2D eigenvalue weighted by molar-refractivity contribution is 6.32. The van der Waals surface area contributed by atoms with E-state index in [1.165, 1.54) is 0 Å². The van der Waals surface area contributed by atoms with Crippen molar-refractivity contribution >= 4 is 23.5 Å². The number of methoxy groups -OCH3 is 1. The number of fused-ring (bicyclic) bond motifs is 1. The van der Waals surface area contributed by atoms with E-state index in [2.05, 4.69) is 15.0 Å². The van der Waals surface area contributed by atoms with Crippen molar-refractivity contribution in [2.45, 2.75) is 33.4 Å². The van der Waals surface area contributed by atoms with Gasteiger partial charge < -0.3 is 14.5 Å². The van der Waals surface area contributed by atoms with Crippen LogP contribution >= 0.6 is 11.6 Å². The van der Waals surface area contributed by atoms with E-state index in [1.807, 2.05) is 23.6 Å². The zero-order chi connectivity index (χ0) is 19.1. The molecular formula is C19H22ClN5O2. The lowest BCUT2D eigenvalue weighted by Crippen LogP contribution is -2.34. The molecule has 142 valence electrons. The van der Waals surface area contributed by atoms with Crippen LogP contribution in [0.5, 0.6) is 5.88 Å². The van der Waals surface area contributed by atoms with Gasteiger partial charge in [-0.25, -0.2) is 4.98 Å². The molecule has 2 aromatic rings. The molecule has 1 fully saturated rings. The molecular weight excluding hydrogens is 366 g/mol. The third-order valence-corrected chi connectivity index (χ3v) is 5.96. The average Bonchev–Trinajstić information content (AvgIpc) is 3.33. The minimum absolute atomic E-state index is 0.0639. The molecule has 2 aliphatic rings. The molecule has 7 nitrogen and oxygen atoms in total. The van der Waals surface area contributed by atoms with Crippen LogP contribution in [-0.2, 0) is 17.9 Å². The number of anilines is 1. The first-order chi connectivity index (χ1) is 13.0. The molecule has 0 bridgehead atoms. The Bertz CT molecular complexity index is 904. The van der Waals surface area contributed by atoms with Crippen LogP contribution in [0, 0.1) is 19.8 Å². The van der Waals surface area contributed by atoms with Crippen LogP contribution in [0.2, 0.25) is 5.02 Å². The fourth-order valence-corrected chi connectivity index (χ4v) is 4.02. The molecule has 4 heterocycles. The van der Waals surface area contributed by atoms with Crippen LogP contribution in [0.1, 0.15) is 28.9 Å². The maximum Gasteiger partial charge on any atom is 0.228 e. The lowest BCUT2D eigenvalue weighted by Gasteiger charge is -2.20. The number of hydrogen-bond acceptors (Lipinski definition) is 6. The minimum atomic E-state index is -0.0639. The Balaban J connectivity index is 1.46. The highest BCUT2D eigenvalue weighted by Crippen LogP contribution is 2.32. The number of amides is 1. The highest BCUT2D eigenvalue weighted by Gasteiger charge is 2.36. The molecule has 0 spiro atoms. The summed E-state index contributed by atoms with van der Waals surface area (Å²) in [5.74, 6) is 1.23. The number of carbonyl (C=O) groups excluding carboxylic acids is 1. The number of rotatable bonds is 3. The number of hydrogen-bond donors (Lipinski definition) is 0. The standard InChI is InChI=1S/C19H22ClN5O2/c1-11-14-9-25(10-15(14)22-12(2)17(11)20)18(26)13-5-7-24(8-13)19-21-6-4-16(23-19)27-3/h4,6,13H,5,7-10H2,1-3H3/t13-/m1/s1. The molecule has 4 rings (SSSR count). The first kappa shape index (κ1) is 18.0. The van der Waals surface area contributed by atoms with Crippen molar-refractivity contribution in [2.24, 2.45) is 5.92 Å². The van der Waals surface area contributed by atoms with Crippen LogP contribution in [-0.4, -0.2) is 46.0 Å². The Morgan fingerprint density at radius 2 is 2.11 bits per heavy atom. The second kappa shape index (κ2) is 6.96. The summed E-state index contributed by atoms with van der Waals surface area (Å²) in [6.07, 6.45) is 2.46. The average molecular weight is 388 g/mol. The third kappa shape index (κ3) is 3.20. The Kier molecular flexibility index (Phi) is 4.63. The van der Waals surface area contributed by atoms with Gasteiger partial charge >= 0.3 is 0 Å². The van der Waals surface area contributed by atoms with Gasteiger partial charge in [-0.05, 0) is 31.4 Å². The second-order valence-electron chi connectivity index (χ2n) is 7.09. The summed E-state index contributed by atoms with van der Waals surface area (Å²) in [6, 6.07) is 1.71. The van der Waals surface area contributed by atoms with Crippen LogP contribution in [0.15, 0.2) is 12.3 Å². The summed E-state index contributed by atoms with van der Waals surface area (Å²) < 4.78 is 5.17. The number of pyridine rings is 1. The Hall–Kier alpha value is -2.41. The Labute approximate surface area is 163 Å². The first-order valence-electron chi connectivity index (χ1n) is 9.03. The van der Waals surface area contributed by atoms with Crippen molar-refractivity contribution in [1.29, 1.82) is 0 Å². The summed E-state index contributed by atoms with van der Waals surface area (Å²) in [7, 11) is 1.58. The van der Waals surface area contributed by atoms with Crippen molar-refractivity contribution in [3.63, 3.8) is 0 Å². The molecule has 0 unspecified atom stereocenters. The SMILES string of the molecule is COc1ccnc(N2CC[C@@H](C(=O)N3Cc4nc(C)c(Cl)c(C)c4C3)C2)n1. The molecule has 0 aromatic carbocycles. The van der Waals surface area contributed by atoms with Gasteiger partial charge in [-0.3, -0.25) is 9.78 Å². The van der Waals surface area contributed by atoms with Crippen LogP contribution in [0.25, 0.3) is 0 Å². The van der Waals surface area contributed by atoms with Crippen molar-refractivity contribution < 1.29 is 9.53 Å². The zero-order valence-corrected chi connectivity index (χ0v) is 16.5. The number of ether oxygens (including phenoxy) is 1. The second-order valence-corrected chi connectivity index (χ2v) is 7.46. The number of nitrogens with zero attached hydrogens (tertiary/aromatic N) is 5. The molecule has 2 aliphatic heterocycles. The van der Waals surface area contributed by atoms with Crippen molar-refractivity contribution in [2.75, 3.05) is 25.1 Å². The normalized spacial score (nSPS) is 18.7. The van der Waals surface area contributed by atoms with Crippen LogP contribution < -0.4 is 9.64 Å². The third-order valence-electron chi connectivity index (χ3n) is 5.40. The van der Waals surface area contributed by atoms with Gasteiger partial charge in [0.15, 0.2) is 0 Å². The van der Waals surface area contributed by atoms with E-state index in [9.17, 15) is 4.79 Å². The van der Waals surface area contributed by atoms with Gasteiger partial charge in [-0.15, -0.1) is 0 Å². The molecule has 27 heavy (non-hydrogen) atoms. The summed E-state index contributed by atoms with van der Waals surface area (Å²) in [6.45, 7) is 6.42. The van der Waals surface area contributed by atoms with Crippen molar-refractivity contribution in [3.8, 4) is 5.88 Å². The molecule has 0 saturated carbocycles. The fraction of sp³-hybridized carbons (Fsp3) is 0.474. The molecule has 1 amide bonds. The lowest BCUT2D eigenvalue weighted by atomic mass is 10.1. The molecule has 8 heteroatoms. The van der Waals surface area contributed by atoms with Gasteiger partial charge in [0.25, 0.3) is 0 Å². The number of carbonyl (C=O) groups is 1. The largest absolute Gasteiger partial charge is 0.481 e. The van der Waals surface area contributed by atoms with Gasteiger partial charge in [0, 0.05) is 31.9 Å². The Morgan fingerprint density at radius 3 is 2.89 bits per heavy atom. The van der Waals surface area contributed by atoms with E-state index in [4.69, 9.17) is 16.3 Å². The molecule has 2 aromatic heterocycles. The molecule has 1 saturated heterocycles. The maximum atomic E-state index is 13.1. The fourth-order valence-electron chi connectivity index (χ4n) is 3.86. The predicted octanol–water partition coefficient (Wildman–Crippen LogP) is 2.52. The topological polar surface area (TPSA) is 71.5 Å². The van der Waals surface area contributed by atoms with E-state index in [0.29, 0.717) is 36.5 Å². The van der Waals surface area contributed by atoms with E-state index < -0.39 is 0 Å². The quantitative estimate of drug-likeness (QED) is 0.805. The van der Waals surface area contributed by atoms with Gasteiger partial charge in [0.1, 0.15) is 0 Å². The molecule has 1 atom stereocenters. The van der Waals surface area contributed by atoms with Gasteiger partial charge in [-0.1, -0.05) is 11.6 Å². The Morgan fingerprint density at radius 1 is 1.30 bits per heavy atom. The summed E-state index contributed by atoms with van der Waals surface area (Å²) in [5.41, 5.74) is 3.91. The smallest absolute Gasteiger partial charge is 0.228 e. The summed E-state index contributed by atoms with van der Waals surface area (Å²) in [4.78, 5) is 30.3. The van der Waals surface area contributed by atoms with Gasteiger partial charge in [0.2, 0.25) is 17.7 Å². The van der Waals surface area contributed by atoms with Gasteiger partial charge in [-0.2, -0.15) is 4.98 Å². The molecule has 0 N–H and O–H groups in total. The number of halogens is 1. The van der Waals surface area contributed by atoms with Crippen molar-refractivity contribution in [1.82, 2.24) is 19.9 Å². The lowest BCUT2D eigenvalue weighted by molar-refractivity contribution is -0.135. The summed E-state index contributed by atoms with van der Waals surface area (Å²) in [5, 5.41) is 0.699. The first-order valence-corrected chi connectivity index (χ1v) is 9.41. The van der Waals surface area contributed by atoms with E-state index >= 15 is 0 Å². The van der Waals surface area contributed by atoms with Crippen LogP contribution in [0.3, 0.4) is 0 Å². The monoisotopic (exact) mass is 387 g/mol. The maximum absolute atomic E-state index is 13.1.